The fraction of sp³-hybridized carbons (Fsp3) is 0.323. The van der Waals surface area contributed by atoms with Gasteiger partial charge in [-0.2, -0.15) is 17.6 Å². The number of pyridine rings is 1. The molecule has 5 aromatic rings. The van der Waals surface area contributed by atoms with Gasteiger partial charge in [-0.05, 0) is 42.7 Å². The third kappa shape index (κ3) is 5.65. The van der Waals surface area contributed by atoms with Gasteiger partial charge < -0.3 is 23.6 Å². The molecular formula is C31H24ClF5N4O5. The van der Waals surface area contributed by atoms with Crippen molar-refractivity contribution in [3.63, 3.8) is 0 Å². The lowest BCUT2D eigenvalue weighted by atomic mass is 10.0. The lowest BCUT2D eigenvalue weighted by Crippen LogP contribution is -2.34. The van der Waals surface area contributed by atoms with Gasteiger partial charge in [0, 0.05) is 36.7 Å². The first kappa shape index (κ1) is 30.4. The van der Waals surface area contributed by atoms with Crippen molar-refractivity contribution >= 4 is 39.6 Å². The summed E-state index contributed by atoms with van der Waals surface area (Å²) >= 11 is 6.10. The molecule has 1 saturated heterocycles. The number of halogens is 6. The molecule has 0 unspecified atom stereocenters. The van der Waals surface area contributed by atoms with Crippen molar-refractivity contribution in [1.82, 2.24) is 19.4 Å². The number of carbonyl (C=O) groups is 1. The van der Waals surface area contributed by atoms with Crippen LogP contribution in [0.25, 0.3) is 22.0 Å². The monoisotopic (exact) mass is 662 g/mol. The number of furan rings is 1. The molecular weight excluding hydrogens is 639 g/mol. The van der Waals surface area contributed by atoms with Crippen molar-refractivity contribution in [2.45, 2.75) is 51.4 Å². The Kier molecular flexibility index (Phi) is 7.60. The number of benzene rings is 2. The van der Waals surface area contributed by atoms with Gasteiger partial charge >= 0.3 is 12.1 Å². The maximum Gasteiger partial charge on any atom is 0.421 e. The summed E-state index contributed by atoms with van der Waals surface area (Å²) in [6.45, 7) is 1.23. The van der Waals surface area contributed by atoms with Gasteiger partial charge in [0.15, 0.2) is 5.82 Å². The zero-order chi connectivity index (χ0) is 32.3. The molecule has 2 aromatic carbocycles. The Labute approximate surface area is 262 Å². The van der Waals surface area contributed by atoms with E-state index in [4.69, 9.17) is 25.5 Å². The van der Waals surface area contributed by atoms with Crippen LogP contribution >= 0.6 is 11.6 Å². The van der Waals surface area contributed by atoms with Crippen LogP contribution < -0.4 is 4.74 Å². The molecule has 0 radical (unpaired) electrons. The van der Waals surface area contributed by atoms with Crippen LogP contribution in [0.1, 0.15) is 45.0 Å². The van der Waals surface area contributed by atoms with Crippen molar-refractivity contribution in [1.29, 1.82) is 0 Å². The van der Waals surface area contributed by atoms with Gasteiger partial charge in [-0.25, -0.2) is 19.2 Å². The number of ether oxygens (including phenoxy) is 2. The highest BCUT2D eigenvalue weighted by Gasteiger charge is 2.37. The molecule has 2 aliphatic heterocycles. The first-order valence-corrected chi connectivity index (χ1v) is 14.7. The van der Waals surface area contributed by atoms with E-state index >= 15 is 0 Å². The number of fused-ring (bicyclic) bond motifs is 3. The Hall–Kier alpha value is -4.27. The largest absolute Gasteiger partial charge is 0.478 e. The van der Waals surface area contributed by atoms with Crippen molar-refractivity contribution in [3.8, 4) is 5.88 Å². The quantitative estimate of drug-likeness (QED) is 0.182. The van der Waals surface area contributed by atoms with Crippen molar-refractivity contribution < 1.29 is 45.7 Å². The van der Waals surface area contributed by atoms with E-state index in [0.29, 0.717) is 42.3 Å². The Morgan fingerprint density at radius 3 is 2.67 bits per heavy atom. The summed E-state index contributed by atoms with van der Waals surface area (Å²) in [6, 6.07) is 6.46. The summed E-state index contributed by atoms with van der Waals surface area (Å²) < 4.78 is 89.1. The Morgan fingerprint density at radius 2 is 1.96 bits per heavy atom. The van der Waals surface area contributed by atoms with E-state index in [2.05, 4.69) is 9.97 Å². The summed E-state index contributed by atoms with van der Waals surface area (Å²) in [5.74, 6) is -2.23. The van der Waals surface area contributed by atoms with Gasteiger partial charge in [-0.15, -0.1) is 0 Å². The number of carboxylic acid groups (broad SMARTS) is 1. The number of carboxylic acids is 1. The minimum atomic E-state index is -4.76. The molecule has 0 saturated carbocycles. The predicted molar refractivity (Wildman–Crippen MR) is 154 cm³/mol. The van der Waals surface area contributed by atoms with Gasteiger partial charge in [0.25, 0.3) is 6.01 Å². The van der Waals surface area contributed by atoms with Gasteiger partial charge in [0.1, 0.15) is 29.1 Å². The highest BCUT2D eigenvalue weighted by Crippen LogP contribution is 2.39. The van der Waals surface area contributed by atoms with Crippen molar-refractivity contribution in [2.24, 2.45) is 0 Å². The number of alkyl halides is 3. The first-order valence-electron chi connectivity index (χ1n) is 14.3. The predicted octanol–water partition coefficient (Wildman–Crippen LogP) is 6.75. The van der Waals surface area contributed by atoms with Gasteiger partial charge in [0.2, 0.25) is 5.88 Å². The summed E-state index contributed by atoms with van der Waals surface area (Å²) in [6.07, 6.45) is -3.87. The number of nitrogens with zero attached hydrogens (tertiary/aromatic N) is 4. The molecule has 9 nitrogen and oxygen atoms in total. The van der Waals surface area contributed by atoms with Crippen molar-refractivity contribution in [2.75, 3.05) is 13.2 Å². The number of hydrogen-bond donors (Lipinski definition) is 1. The van der Waals surface area contributed by atoms with Crippen LogP contribution in [0.5, 0.6) is 5.88 Å². The zero-order valence-corrected chi connectivity index (χ0v) is 24.6. The molecule has 0 bridgehead atoms. The minimum absolute atomic E-state index is 0.0214. The SMILES string of the molecule is O=C(O)c1cc(F)c2nc(CN3CCc4cc(C(F)(F)F)c(OCc5ccc(Cl)c6cc(F)oc56)nc4C3)n(C[C@@H]3CCO3)c2c1. The zero-order valence-electron chi connectivity index (χ0n) is 23.8. The normalized spacial score (nSPS) is 17.0. The highest BCUT2D eigenvalue weighted by atomic mass is 35.5. The molecule has 2 aliphatic rings. The molecule has 0 aliphatic carbocycles. The second-order valence-electron chi connectivity index (χ2n) is 11.2. The molecule has 15 heteroatoms. The second kappa shape index (κ2) is 11.5. The second-order valence-corrected chi connectivity index (χ2v) is 11.7. The van der Waals surface area contributed by atoms with E-state index in [1.807, 2.05) is 4.90 Å². The smallest absolute Gasteiger partial charge is 0.421 e. The minimum Gasteiger partial charge on any atom is -0.478 e. The number of aromatic carboxylic acids is 1. The average molecular weight is 663 g/mol. The molecule has 1 atom stereocenters. The fourth-order valence-electron chi connectivity index (χ4n) is 5.83. The molecule has 5 heterocycles. The molecule has 0 spiro atoms. The maximum atomic E-state index is 15.0. The molecule has 240 valence electrons. The standard InChI is InChI=1S/C31H24ClF5N4O5/c32-21-2-1-16(28-19(21)10-25(34)46-28)14-45-29-20(31(35,36)37)7-15-3-5-40(12-23(15)38-29)13-26-39-27-22(33)8-17(30(42)43)9-24(27)41(26)11-18-4-6-44-18/h1-2,7-10,18H,3-6,11-14H2,(H,42,43)/t18-/m0/s1. The van der Waals surface area contributed by atoms with E-state index in [9.17, 15) is 31.9 Å². The summed E-state index contributed by atoms with van der Waals surface area (Å²) in [5.41, 5.74) is 0.200. The lowest BCUT2D eigenvalue weighted by molar-refractivity contribution is -0.139. The van der Waals surface area contributed by atoms with Crippen LogP contribution in [-0.4, -0.2) is 49.8 Å². The third-order valence-corrected chi connectivity index (χ3v) is 8.59. The number of aromatic nitrogens is 3. The Morgan fingerprint density at radius 1 is 1.15 bits per heavy atom. The Balaban J connectivity index is 1.18. The van der Waals surface area contributed by atoms with E-state index < -0.39 is 42.0 Å². The van der Waals surface area contributed by atoms with Gasteiger partial charge in [-0.3, -0.25) is 4.90 Å². The van der Waals surface area contributed by atoms with Gasteiger partial charge in [-0.1, -0.05) is 17.7 Å². The molecule has 46 heavy (non-hydrogen) atoms. The number of imidazole rings is 1. The molecule has 1 N–H and O–H groups in total. The molecule has 7 rings (SSSR count). The number of hydrogen-bond acceptors (Lipinski definition) is 7. The highest BCUT2D eigenvalue weighted by molar-refractivity contribution is 6.35. The van der Waals surface area contributed by atoms with Gasteiger partial charge in [0.05, 0.1) is 41.0 Å². The maximum absolute atomic E-state index is 15.0. The average Bonchev–Trinajstić information content (AvgIpc) is 3.54. The first-order chi connectivity index (χ1) is 21.9. The molecule has 3 aromatic heterocycles. The van der Waals surface area contributed by atoms with Crippen LogP contribution in [-0.2, 0) is 43.6 Å². The van der Waals surface area contributed by atoms with Crippen LogP contribution in [0.4, 0.5) is 22.0 Å². The number of rotatable bonds is 8. The van der Waals surface area contributed by atoms with E-state index in [1.165, 1.54) is 18.2 Å². The van der Waals surface area contributed by atoms with E-state index in [0.717, 1.165) is 24.6 Å². The van der Waals surface area contributed by atoms with Crippen LogP contribution in [0.2, 0.25) is 5.02 Å². The summed E-state index contributed by atoms with van der Waals surface area (Å²) in [5, 5.41) is 9.95. The van der Waals surface area contributed by atoms with E-state index in [1.54, 1.807) is 4.57 Å². The third-order valence-electron chi connectivity index (χ3n) is 8.26. The van der Waals surface area contributed by atoms with E-state index in [-0.39, 0.29) is 58.2 Å². The molecule has 0 amide bonds. The fourth-order valence-corrected chi connectivity index (χ4v) is 6.03. The lowest BCUT2D eigenvalue weighted by Gasteiger charge is -2.30. The van der Waals surface area contributed by atoms with Crippen LogP contribution in [0, 0.1) is 11.8 Å². The topological polar surface area (TPSA) is 103 Å². The summed E-state index contributed by atoms with van der Waals surface area (Å²) in [7, 11) is 0. The Bertz CT molecular complexity index is 2010. The van der Waals surface area contributed by atoms with Crippen LogP contribution in [0.3, 0.4) is 0 Å². The summed E-state index contributed by atoms with van der Waals surface area (Å²) in [4.78, 5) is 22.3. The molecule has 1 fully saturated rings. The van der Waals surface area contributed by atoms with Crippen LogP contribution in [0.15, 0.2) is 40.8 Å². The van der Waals surface area contributed by atoms with Crippen molar-refractivity contribution in [3.05, 3.63) is 87.0 Å².